The van der Waals surface area contributed by atoms with Gasteiger partial charge in [-0.25, -0.2) is 4.98 Å². The number of aromatic nitrogens is 1. The summed E-state index contributed by atoms with van der Waals surface area (Å²) in [7, 11) is 1.64. The van der Waals surface area contributed by atoms with Crippen molar-refractivity contribution in [3.05, 3.63) is 29.5 Å². The average molecular weight is 249 g/mol. The minimum absolute atomic E-state index is 0.268. The molecule has 0 aliphatic carbocycles. The molecule has 4 heteroatoms. The normalized spacial score (nSPS) is 10.5. The van der Waals surface area contributed by atoms with E-state index in [0.717, 1.165) is 22.7 Å². The number of aromatic hydroxyl groups is 1. The van der Waals surface area contributed by atoms with Crippen LogP contribution in [0, 0.1) is 6.92 Å². The second kappa shape index (κ2) is 4.75. The minimum Gasteiger partial charge on any atom is -0.498 e. The van der Waals surface area contributed by atoms with E-state index in [1.54, 1.807) is 14.0 Å². The Labute approximate surface area is 105 Å². The van der Waals surface area contributed by atoms with Crippen LogP contribution in [0.4, 0.5) is 0 Å². The van der Waals surface area contributed by atoms with Gasteiger partial charge in [-0.05, 0) is 31.0 Å². The maximum Gasteiger partial charge on any atom is 0.195 e. The molecule has 0 amide bonds. The van der Waals surface area contributed by atoms with Gasteiger partial charge in [-0.2, -0.15) is 0 Å². The average Bonchev–Trinajstić information content (AvgIpc) is 2.68. The van der Waals surface area contributed by atoms with E-state index in [1.807, 2.05) is 12.1 Å². The summed E-state index contributed by atoms with van der Waals surface area (Å²) in [5, 5.41) is 10.7. The Bertz CT molecular complexity index is 515. The number of methoxy groups -OCH3 is 1. The lowest BCUT2D eigenvalue weighted by molar-refractivity contribution is 0.416. The largest absolute Gasteiger partial charge is 0.498 e. The van der Waals surface area contributed by atoms with Gasteiger partial charge in [0.2, 0.25) is 0 Å². The van der Waals surface area contributed by atoms with Crippen molar-refractivity contribution in [3.8, 4) is 21.4 Å². The van der Waals surface area contributed by atoms with Crippen molar-refractivity contribution in [2.45, 2.75) is 20.3 Å². The van der Waals surface area contributed by atoms with E-state index >= 15 is 0 Å². The molecule has 3 nitrogen and oxygen atoms in total. The van der Waals surface area contributed by atoms with Crippen molar-refractivity contribution in [1.82, 2.24) is 4.98 Å². The summed E-state index contributed by atoms with van der Waals surface area (Å²) in [6.45, 7) is 3.90. The molecule has 0 saturated heterocycles. The van der Waals surface area contributed by atoms with E-state index < -0.39 is 0 Å². The van der Waals surface area contributed by atoms with Crippen molar-refractivity contribution < 1.29 is 9.84 Å². The molecule has 90 valence electrons. The number of hydrogen-bond acceptors (Lipinski definition) is 4. The predicted octanol–water partition coefficient (Wildman–Crippen LogP) is 3.40. The van der Waals surface area contributed by atoms with Crippen LogP contribution in [-0.4, -0.2) is 17.2 Å². The van der Waals surface area contributed by atoms with Gasteiger partial charge in [0.15, 0.2) is 5.06 Å². The highest BCUT2D eigenvalue weighted by atomic mass is 32.1. The number of benzene rings is 1. The number of nitrogens with zero attached hydrogens (tertiary/aromatic N) is 1. The molecule has 0 aliphatic rings. The lowest BCUT2D eigenvalue weighted by atomic mass is 10.1. The molecule has 0 radical (unpaired) electrons. The lowest BCUT2D eigenvalue weighted by Crippen LogP contribution is -1.90. The fourth-order valence-electron chi connectivity index (χ4n) is 1.65. The van der Waals surface area contributed by atoms with Gasteiger partial charge in [0.25, 0.3) is 0 Å². The Hall–Kier alpha value is -1.55. The van der Waals surface area contributed by atoms with Crippen molar-refractivity contribution in [1.29, 1.82) is 0 Å². The molecule has 2 aromatic rings. The molecular weight excluding hydrogens is 234 g/mol. The maximum absolute atomic E-state index is 9.61. The van der Waals surface area contributed by atoms with Gasteiger partial charge in [-0.1, -0.05) is 24.3 Å². The number of aryl methyl sites for hydroxylation is 2. The van der Waals surface area contributed by atoms with Crippen LogP contribution < -0.4 is 4.74 Å². The first kappa shape index (κ1) is 11.9. The number of ether oxygens (including phenoxy) is 1. The number of rotatable bonds is 3. The van der Waals surface area contributed by atoms with E-state index in [1.165, 1.54) is 16.9 Å². The van der Waals surface area contributed by atoms with Crippen LogP contribution in [0.15, 0.2) is 18.2 Å². The molecule has 1 aromatic heterocycles. The zero-order chi connectivity index (χ0) is 12.4. The summed E-state index contributed by atoms with van der Waals surface area (Å²) in [6, 6.07) is 6.06. The smallest absolute Gasteiger partial charge is 0.195 e. The summed E-state index contributed by atoms with van der Waals surface area (Å²) in [4.78, 5) is 4.35. The molecule has 1 aromatic carbocycles. The Kier molecular flexibility index (Phi) is 3.33. The molecule has 0 atom stereocenters. The highest BCUT2D eigenvalue weighted by molar-refractivity contribution is 7.16. The third kappa shape index (κ3) is 2.26. The molecule has 0 bridgehead atoms. The molecule has 0 fully saturated rings. The second-order valence-electron chi connectivity index (χ2n) is 3.80. The lowest BCUT2D eigenvalue weighted by Gasteiger charge is -2.07. The van der Waals surface area contributed by atoms with Crippen LogP contribution in [0.1, 0.15) is 18.2 Å². The molecular formula is C13H15NO2S. The molecule has 1 heterocycles. The quantitative estimate of drug-likeness (QED) is 0.906. The second-order valence-corrected chi connectivity index (χ2v) is 4.78. The first-order valence-electron chi connectivity index (χ1n) is 5.49. The summed E-state index contributed by atoms with van der Waals surface area (Å²) in [6.07, 6.45) is 0.966. The van der Waals surface area contributed by atoms with Gasteiger partial charge >= 0.3 is 0 Å². The van der Waals surface area contributed by atoms with Crippen molar-refractivity contribution in [2.24, 2.45) is 0 Å². The topological polar surface area (TPSA) is 42.4 Å². The Morgan fingerprint density at radius 3 is 2.71 bits per heavy atom. The SMILES string of the molecule is CCc1ccc(OC)c(-c2nc(C)c(O)s2)c1. The summed E-state index contributed by atoms with van der Waals surface area (Å²) < 4.78 is 5.33. The van der Waals surface area contributed by atoms with Crippen LogP contribution in [-0.2, 0) is 6.42 Å². The summed E-state index contributed by atoms with van der Waals surface area (Å²) >= 11 is 1.28. The van der Waals surface area contributed by atoms with Gasteiger partial charge < -0.3 is 9.84 Å². The van der Waals surface area contributed by atoms with Gasteiger partial charge in [-0.3, -0.25) is 0 Å². The van der Waals surface area contributed by atoms with Gasteiger partial charge in [0, 0.05) is 0 Å². The molecule has 0 saturated carbocycles. The predicted molar refractivity (Wildman–Crippen MR) is 69.9 cm³/mol. The van der Waals surface area contributed by atoms with Crippen molar-refractivity contribution >= 4 is 11.3 Å². The van der Waals surface area contributed by atoms with Gasteiger partial charge in [-0.15, -0.1) is 0 Å². The van der Waals surface area contributed by atoms with E-state index in [2.05, 4.69) is 18.0 Å². The highest BCUT2D eigenvalue weighted by Crippen LogP contribution is 2.37. The fraction of sp³-hybridized carbons (Fsp3) is 0.308. The molecule has 0 unspecified atom stereocenters. The van der Waals surface area contributed by atoms with Crippen LogP contribution in [0.2, 0.25) is 0 Å². The monoisotopic (exact) mass is 249 g/mol. The molecule has 0 aliphatic heterocycles. The van der Waals surface area contributed by atoms with Gasteiger partial charge in [0.1, 0.15) is 10.8 Å². The standard InChI is InChI=1S/C13H15NO2S/c1-4-9-5-6-11(16-3)10(7-9)12-14-8(2)13(15)17-12/h5-7,15H,4H2,1-3H3. The molecule has 2 rings (SSSR count). The Morgan fingerprint density at radius 2 is 2.18 bits per heavy atom. The fourth-order valence-corrected chi connectivity index (χ4v) is 2.47. The number of hydrogen-bond donors (Lipinski definition) is 1. The third-order valence-electron chi connectivity index (χ3n) is 2.67. The van der Waals surface area contributed by atoms with Crippen LogP contribution in [0.3, 0.4) is 0 Å². The summed E-state index contributed by atoms with van der Waals surface area (Å²) in [5.41, 5.74) is 2.84. The van der Waals surface area contributed by atoms with E-state index in [4.69, 9.17) is 4.74 Å². The summed E-state index contributed by atoms with van der Waals surface area (Å²) in [5.74, 6) is 0.788. The zero-order valence-electron chi connectivity index (χ0n) is 10.2. The third-order valence-corrected chi connectivity index (χ3v) is 3.67. The minimum atomic E-state index is 0.268. The van der Waals surface area contributed by atoms with E-state index in [0.29, 0.717) is 5.69 Å². The highest BCUT2D eigenvalue weighted by Gasteiger charge is 2.13. The molecule has 1 N–H and O–H groups in total. The molecule has 0 spiro atoms. The van der Waals surface area contributed by atoms with Crippen molar-refractivity contribution in [2.75, 3.05) is 7.11 Å². The Morgan fingerprint density at radius 1 is 1.41 bits per heavy atom. The van der Waals surface area contributed by atoms with E-state index in [9.17, 15) is 5.11 Å². The first-order valence-corrected chi connectivity index (χ1v) is 6.31. The van der Waals surface area contributed by atoms with Crippen LogP contribution in [0.25, 0.3) is 10.6 Å². The van der Waals surface area contributed by atoms with Crippen LogP contribution in [0.5, 0.6) is 10.8 Å². The van der Waals surface area contributed by atoms with Crippen LogP contribution >= 0.6 is 11.3 Å². The first-order chi connectivity index (χ1) is 8.15. The maximum atomic E-state index is 9.61. The van der Waals surface area contributed by atoms with E-state index in [-0.39, 0.29) is 5.06 Å². The molecule has 17 heavy (non-hydrogen) atoms. The number of thiazole rings is 1. The Balaban J connectivity index is 2.55. The zero-order valence-corrected chi connectivity index (χ0v) is 11.0. The van der Waals surface area contributed by atoms with Gasteiger partial charge in [0.05, 0.1) is 18.4 Å². The van der Waals surface area contributed by atoms with Crippen molar-refractivity contribution in [3.63, 3.8) is 0 Å².